The van der Waals surface area contributed by atoms with Crippen LogP contribution in [0.15, 0.2) is 24.3 Å². The standard InChI is InChI=1S/C12H14FNO/c1-9-11(5-3-7-12(9)13)6-4-8-14-10(2)15/h3-7H,8H2,1-2H3,(H,14,15). The van der Waals surface area contributed by atoms with Crippen LogP contribution in [0, 0.1) is 12.7 Å². The van der Waals surface area contributed by atoms with Gasteiger partial charge in [-0.15, -0.1) is 0 Å². The van der Waals surface area contributed by atoms with Gasteiger partial charge in [-0.25, -0.2) is 4.39 Å². The van der Waals surface area contributed by atoms with E-state index in [1.165, 1.54) is 13.0 Å². The lowest BCUT2D eigenvalue weighted by Gasteiger charge is -2.01. The molecule has 0 radical (unpaired) electrons. The summed E-state index contributed by atoms with van der Waals surface area (Å²) in [5, 5.41) is 2.63. The van der Waals surface area contributed by atoms with Gasteiger partial charge < -0.3 is 5.32 Å². The number of rotatable bonds is 3. The second-order valence-electron chi connectivity index (χ2n) is 3.29. The van der Waals surface area contributed by atoms with Gasteiger partial charge in [0.25, 0.3) is 0 Å². The first-order valence-corrected chi connectivity index (χ1v) is 4.77. The van der Waals surface area contributed by atoms with E-state index in [1.54, 1.807) is 25.1 Å². The first-order valence-electron chi connectivity index (χ1n) is 4.77. The fourth-order valence-electron chi connectivity index (χ4n) is 1.19. The maximum absolute atomic E-state index is 13.1. The number of benzene rings is 1. The Morgan fingerprint density at radius 2 is 2.27 bits per heavy atom. The first-order chi connectivity index (χ1) is 7.11. The number of amides is 1. The molecule has 0 bridgehead atoms. The van der Waals surface area contributed by atoms with Crippen molar-refractivity contribution >= 4 is 12.0 Å². The molecule has 0 aliphatic heterocycles. The molecule has 0 unspecified atom stereocenters. The molecular formula is C12H14FNO. The summed E-state index contributed by atoms with van der Waals surface area (Å²) in [6.07, 6.45) is 3.59. The second-order valence-corrected chi connectivity index (χ2v) is 3.29. The molecule has 0 aromatic heterocycles. The summed E-state index contributed by atoms with van der Waals surface area (Å²) in [6, 6.07) is 4.93. The summed E-state index contributed by atoms with van der Waals surface area (Å²) in [7, 11) is 0. The van der Waals surface area contributed by atoms with E-state index in [-0.39, 0.29) is 11.7 Å². The van der Waals surface area contributed by atoms with Gasteiger partial charge in [-0.2, -0.15) is 0 Å². The van der Waals surface area contributed by atoms with Gasteiger partial charge >= 0.3 is 0 Å². The molecule has 1 rings (SSSR count). The molecule has 0 aliphatic rings. The fraction of sp³-hybridized carbons (Fsp3) is 0.250. The summed E-state index contributed by atoms with van der Waals surface area (Å²) >= 11 is 0. The van der Waals surface area contributed by atoms with Crippen molar-refractivity contribution in [1.82, 2.24) is 5.32 Å². The Labute approximate surface area is 88.8 Å². The predicted molar refractivity (Wildman–Crippen MR) is 58.9 cm³/mol. The van der Waals surface area contributed by atoms with Gasteiger partial charge in [0.15, 0.2) is 0 Å². The average molecular weight is 207 g/mol. The van der Waals surface area contributed by atoms with Crippen molar-refractivity contribution in [3.05, 3.63) is 41.2 Å². The summed E-state index contributed by atoms with van der Waals surface area (Å²) in [4.78, 5) is 10.6. The molecule has 1 N–H and O–H groups in total. The van der Waals surface area contributed by atoms with Crippen LogP contribution in [0.5, 0.6) is 0 Å². The summed E-state index contributed by atoms with van der Waals surface area (Å²) < 4.78 is 13.1. The van der Waals surface area contributed by atoms with Gasteiger partial charge in [0.1, 0.15) is 5.82 Å². The zero-order valence-electron chi connectivity index (χ0n) is 8.88. The minimum absolute atomic E-state index is 0.0735. The molecule has 0 heterocycles. The van der Waals surface area contributed by atoms with Crippen molar-refractivity contribution in [3.8, 4) is 0 Å². The third-order valence-corrected chi connectivity index (χ3v) is 2.08. The fourth-order valence-corrected chi connectivity index (χ4v) is 1.19. The van der Waals surface area contributed by atoms with Crippen molar-refractivity contribution in [2.45, 2.75) is 13.8 Å². The summed E-state index contributed by atoms with van der Waals surface area (Å²) in [6.45, 7) is 3.65. The lowest BCUT2D eigenvalue weighted by Crippen LogP contribution is -2.19. The number of hydrogen-bond acceptors (Lipinski definition) is 1. The van der Waals surface area contributed by atoms with Gasteiger partial charge in [-0.3, -0.25) is 4.79 Å². The van der Waals surface area contributed by atoms with E-state index in [0.29, 0.717) is 12.1 Å². The van der Waals surface area contributed by atoms with Gasteiger partial charge in [0.05, 0.1) is 0 Å². The second kappa shape index (κ2) is 5.29. The lowest BCUT2D eigenvalue weighted by atomic mass is 10.1. The molecule has 15 heavy (non-hydrogen) atoms. The van der Waals surface area contributed by atoms with Crippen molar-refractivity contribution in [2.24, 2.45) is 0 Å². The molecule has 0 spiro atoms. The predicted octanol–water partition coefficient (Wildman–Crippen LogP) is 2.28. The number of carbonyl (C=O) groups excluding carboxylic acids is 1. The minimum Gasteiger partial charge on any atom is -0.353 e. The average Bonchev–Trinajstić information content (AvgIpc) is 2.18. The van der Waals surface area contributed by atoms with Crippen LogP contribution in [-0.2, 0) is 4.79 Å². The van der Waals surface area contributed by atoms with Crippen LogP contribution in [0.2, 0.25) is 0 Å². The molecule has 1 amide bonds. The van der Waals surface area contributed by atoms with Crippen LogP contribution in [-0.4, -0.2) is 12.5 Å². The van der Waals surface area contributed by atoms with Crippen molar-refractivity contribution < 1.29 is 9.18 Å². The minimum atomic E-state index is -0.211. The van der Waals surface area contributed by atoms with E-state index >= 15 is 0 Å². The van der Waals surface area contributed by atoms with Gasteiger partial charge in [0.2, 0.25) is 5.91 Å². The number of carbonyl (C=O) groups is 1. The normalized spacial score (nSPS) is 10.6. The first kappa shape index (κ1) is 11.4. The van der Waals surface area contributed by atoms with Crippen molar-refractivity contribution in [1.29, 1.82) is 0 Å². The highest BCUT2D eigenvalue weighted by Gasteiger charge is 1.98. The molecule has 2 nitrogen and oxygen atoms in total. The Hall–Kier alpha value is -1.64. The smallest absolute Gasteiger partial charge is 0.217 e. The molecule has 3 heteroatoms. The van der Waals surface area contributed by atoms with Crippen LogP contribution in [0.25, 0.3) is 6.08 Å². The molecular weight excluding hydrogens is 193 g/mol. The Bertz CT molecular complexity index is 385. The molecule has 80 valence electrons. The molecule has 0 atom stereocenters. The Balaban J connectivity index is 2.64. The summed E-state index contributed by atoms with van der Waals surface area (Å²) in [5.74, 6) is -0.285. The van der Waals surface area contributed by atoms with E-state index in [1.807, 2.05) is 6.07 Å². The third kappa shape index (κ3) is 3.54. The Morgan fingerprint density at radius 1 is 1.53 bits per heavy atom. The van der Waals surface area contributed by atoms with Crippen molar-refractivity contribution in [3.63, 3.8) is 0 Å². The quantitative estimate of drug-likeness (QED) is 0.809. The molecule has 0 saturated heterocycles. The molecule has 1 aromatic carbocycles. The molecule has 0 saturated carbocycles. The van der Waals surface area contributed by atoms with Gasteiger partial charge in [0, 0.05) is 13.5 Å². The number of nitrogens with one attached hydrogen (secondary N) is 1. The number of halogens is 1. The number of hydrogen-bond donors (Lipinski definition) is 1. The highest BCUT2D eigenvalue weighted by molar-refractivity contribution is 5.73. The largest absolute Gasteiger partial charge is 0.353 e. The van der Waals surface area contributed by atoms with E-state index < -0.39 is 0 Å². The van der Waals surface area contributed by atoms with Crippen LogP contribution in [0.1, 0.15) is 18.1 Å². The zero-order chi connectivity index (χ0) is 11.3. The Kier molecular flexibility index (Phi) is 4.03. The topological polar surface area (TPSA) is 29.1 Å². The van der Waals surface area contributed by atoms with Gasteiger partial charge in [-0.05, 0) is 24.1 Å². The van der Waals surface area contributed by atoms with E-state index in [2.05, 4.69) is 5.32 Å². The maximum atomic E-state index is 13.1. The molecule has 0 aliphatic carbocycles. The molecule has 1 aromatic rings. The highest BCUT2D eigenvalue weighted by Crippen LogP contribution is 2.13. The SMILES string of the molecule is CC(=O)NCC=Cc1cccc(F)c1C. The van der Waals surface area contributed by atoms with E-state index in [4.69, 9.17) is 0 Å². The van der Waals surface area contributed by atoms with E-state index in [9.17, 15) is 9.18 Å². The zero-order valence-corrected chi connectivity index (χ0v) is 8.88. The third-order valence-electron chi connectivity index (χ3n) is 2.08. The molecule has 0 fully saturated rings. The van der Waals surface area contributed by atoms with Crippen LogP contribution in [0.4, 0.5) is 4.39 Å². The Morgan fingerprint density at radius 3 is 2.93 bits per heavy atom. The monoisotopic (exact) mass is 207 g/mol. The van der Waals surface area contributed by atoms with Crippen LogP contribution in [0.3, 0.4) is 0 Å². The van der Waals surface area contributed by atoms with E-state index in [0.717, 1.165) is 5.56 Å². The maximum Gasteiger partial charge on any atom is 0.217 e. The van der Waals surface area contributed by atoms with Crippen LogP contribution >= 0.6 is 0 Å². The highest BCUT2D eigenvalue weighted by atomic mass is 19.1. The van der Waals surface area contributed by atoms with Crippen molar-refractivity contribution in [2.75, 3.05) is 6.54 Å². The summed E-state index contributed by atoms with van der Waals surface area (Å²) in [5.41, 5.74) is 1.46. The van der Waals surface area contributed by atoms with Crippen LogP contribution < -0.4 is 5.32 Å². The lowest BCUT2D eigenvalue weighted by molar-refractivity contribution is -0.118. The van der Waals surface area contributed by atoms with Gasteiger partial charge in [-0.1, -0.05) is 24.3 Å².